The number of hydrogen-bond donors (Lipinski definition) is 0. The van der Waals surface area contributed by atoms with E-state index in [1.165, 1.54) is 5.56 Å². The predicted molar refractivity (Wildman–Crippen MR) is 102 cm³/mol. The number of benzene rings is 2. The van der Waals surface area contributed by atoms with Gasteiger partial charge in [0.05, 0.1) is 6.54 Å². The minimum Gasteiger partial charge on any atom is -0.304 e. The third kappa shape index (κ3) is 3.61. The Hall–Kier alpha value is -2.94. The number of aryl methyl sites for hydroxylation is 2. The van der Waals surface area contributed by atoms with Crippen LogP contribution in [-0.4, -0.2) is 10.9 Å². The largest absolute Gasteiger partial charge is 0.304 e. The summed E-state index contributed by atoms with van der Waals surface area (Å²) in [5.74, 6) is -0.00236. The molecule has 0 radical (unpaired) electrons. The zero-order valence-corrected chi connectivity index (χ0v) is 14.9. The molecule has 1 heterocycles. The molecule has 0 aliphatic rings. The maximum absolute atomic E-state index is 13.3. The van der Waals surface area contributed by atoms with E-state index in [9.17, 15) is 4.79 Å². The first kappa shape index (κ1) is 16.9. The molecule has 0 aliphatic heterocycles. The summed E-state index contributed by atoms with van der Waals surface area (Å²) in [6, 6.07) is 18.0. The van der Waals surface area contributed by atoms with E-state index < -0.39 is 0 Å². The minimum atomic E-state index is -0.00236. The van der Waals surface area contributed by atoms with Crippen LogP contribution in [0, 0.1) is 20.8 Å². The maximum Gasteiger partial charge on any atom is 0.258 e. The van der Waals surface area contributed by atoms with E-state index >= 15 is 0 Å². The lowest BCUT2D eigenvalue weighted by atomic mass is 10.0. The number of anilines is 1. The summed E-state index contributed by atoms with van der Waals surface area (Å²) < 4.78 is 0. The Morgan fingerprint density at radius 3 is 2.40 bits per heavy atom. The van der Waals surface area contributed by atoms with E-state index in [1.54, 1.807) is 18.5 Å². The molecular formula is C22H22N2O. The van der Waals surface area contributed by atoms with Gasteiger partial charge >= 0.3 is 0 Å². The van der Waals surface area contributed by atoms with Gasteiger partial charge in [-0.15, -0.1) is 0 Å². The molecule has 3 aromatic rings. The standard InChI is InChI=1S/C22H22N2O/c1-16-8-7-11-21(18(16)3)24(15-19-9-5-4-6-10-19)22(25)20-12-13-23-14-17(20)2/h4-14H,15H2,1-3H3. The molecular weight excluding hydrogens is 308 g/mol. The van der Waals surface area contributed by atoms with Gasteiger partial charge in [0.25, 0.3) is 5.91 Å². The third-order valence-electron chi connectivity index (χ3n) is 4.55. The van der Waals surface area contributed by atoms with Gasteiger partial charge < -0.3 is 4.90 Å². The minimum absolute atomic E-state index is 0.00236. The zero-order valence-electron chi connectivity index (χ0n) is 14.9. The van der Waals surface area contributed by atoms with Crippen LogP contribution in [0.2, 0.25) is 0 Å². The fraction of sp³-hybridized carbons (Fsp3) is 0.182. The summed E-state index contributed by atoms with van der Waals surface area (Å²) >= 11 is 0. The van der Waals surface area contributed by atoms with Crippen molar-refractivity contribution in [1.29, 1.82) is 0 Å². The summed E-state index contributed by atoms with van der Waals surface area (Å²) in [5, 5.41) is 0. The average molecular weight is 330 g/mol. The number of rotatable bonds is 4. The van der Waals surface area contributed by atoms with E-state index in [0.29, 0.717) is 12.1 Å². The number of carbonyl (C=O) groups excluding carboxylic acids is 1. The molecule has 0 saturated carbocycles. The second kappa shape index (κ2) is 7.31. The first-order chi connectivity index (χ1) is 12.1. The van der Waals surface area contributed by atoms with Gasteiger partial charge in [-0.1, -0.05) is 42.5 Å². The van der Waals surface area contributed by atoms with Crippen molar-refractivity contribution < 1.29 is 4.79 Å². The quantitative estimate of drug-likeness (QED) is 0.685. The highest BCUT2D eigenvalue weighted by atomic mass is 16.2. The molecule has 126 valence electrons. The van der Waals surface area contributed by atoms with Crippen molar-refractivity contribution in [1.82, 2.24) is 4.98 Å². The Kier molecular flexibility index (Phi) is 4.94. The number of aromatic nitrogens is 1. The van der Waals surface area contributed by atoms with Gasteiger partial charge in [-0.25, -0.2) is 0 Å². The second-order valence-corrected chi connectivity index (χ2v) is 6.29. The molecule has 0 unspecified atom stereocenters. The van der Waals surface area contributed by atoms with Crippen LogP contribution in [0.15, 0.2) is 67.0 Å². The molecule has 1 aromatic heterocycles. The normalized spacial score (nSPS) is 10.5. The summed E-state index contributed by atoms with van der Waals surface area (Å²) in [4.78, 5) is 19.3. The summed E-state index contributed by atoms with van der Waals surface area (Å²) in [6.07, 6.45) is 3.40. The lowest BCUT2D eigenvalue weighted by Crippen LogP contribution is -2.31. The molecule has 2 aromatic carbocycles. The average Bonchev–Trinajstić information content (AvgIpc) is 2.63. The first-order valence-corrected chi connectivity index (χ1v) is 8.40. The molecule has 0 bridgehead atoms. The van der Waals surface area contributed by atoms with Gasteiger partial charge in [0, 0.05) is 23.6 Å². The molecule has 0 N–H and O–H groups in total. The topological polar surface area (TPSA) is 33.2 Å². The van der Waals surface area contributed by atoms with E-state index in [-0.39, 0.29) is 5.91 Å². The lowest BCUT2D eigenvalue weighted by Gasteiger charge is -2.26. The molecule has 25 heavy (non-hydrogen) atoms. The van der Waals surface area contributed by atoms with Crippen LogP contribution >= 0.6 is 0 Å². The van der Waals surface area contributed by atoms with E-state index in [2.05, 4.69) is 24.9 Å². The van der Waals surface area contributed by atoms with Gasteiger partial charge in [0.2, 0.25) is 0 Å². The van der Waals surface area contributed by atoms with E-state index in [1.807, 2.05) is 54.3 Å². The number of nitrogens with zero attached hydrogens (tertiary/aromatic N) is 2. The Balaban J connectivity index is 2.07. The van der Waals surface area contributed by atoms with Crippen LogP contribution in [0.3, 0.4) is 0 Å². The van der Waals surface area contributed by atoms with Gasteiger partial charge in [0.1, 0.15) is 0 Å². The molecule has 0 fully saturated rings. The highest BCUT2D eigenvalue weighted by Crippen LogP contribution is 2.26. The van der Waals surface area contributed by atoms with Crippen molar-refractivity contribution in [2.24, 2.45) is 0 Å². The van der Waals surface area contributed by atoms with E-state index in [4.69, 9.17) is 0 Å². The van der Waals surface area contributed by atoms with Crippen molar-refractivity contribution >= 4 is 11.6 Å². The van der Waals surface area contributed by atoms with Crippen molar-refractivity contribution in [3.8, 4) is 0 Å². The number of hydrogen-bond acceptors (Lipinski definition) is 2. The smallest absolute Gasteiger partial charge is 0.258 e. The SMILES string of the molecule is Cc1cnccc1C(=O)N(Cc1ccccc1)c1cccc(C)c1C. The van der Waals surface area contributed by atoms with Gasteiger partial charge in [0.15, 0.2) is 0 Å². The van der Waals surface area contributed by atoms with Crippen molar-refractivity contribution in [2.45, 2.75) is 27.3 Å². The van der Waals surface area contributed by atoms with Crippen molar-refractivity contribution in [3.05, 3.63) is 94.8 Å². The molecule has 3 nitrogen and oxygen atoms in total. The van der Waals surface area contributed by atoms with Gasteiger partial charge in [-0.2, -0.15) is 0 Å². The van der Waals surface area contributed by atoms with Crippen LogP contribution in [-0.2, 0) is 6.54 Å². The maximum atomic E-state index is 13.3. The molecule has 1 amide bonds. The summed E-state index contributed by atoms with van der Waals surface area (Å²) in [7, 11) is 0. The Morgan fingerprint density at radius 1 is 0.920 bits per heavy atom. The van der Waals surface area contributed by atoms with Gasteiger partial charge in [-0.3, -0.25) is 9.78 Å². The highest BCUT2D eigenvalue weighted by Gasteiger charge is 2.21. The van der Waals surface area contributed by atoms with Crippen molar-refractivity contribution in [2.75, 3.05) is 4.90 Å². The Labute approximate surface area is 149 Å². The van der Waals surface area contributed by atoms with Crippen LogP contribution < -0.4 is 4.90 Å². The highest BCUT2D eigenvalue weighted by molar-refractivity contribution is 6.07. The number of carbonyl (C=O) groups is 1. The second-order valence-electron chi connectivity index (χ2n) is 6.29. The van der Waals surface area contributed by atoms with Gasteiger partial charge in [-0.05, 0) is 55.2 Å². The Bertz CT molecular complexity index is 888. The molecule has 0 saturated heterocycles. The lowest BCUT2D eigenvalue weighted by molar-refractivity contribution is 0.0984. The van der Waals surface area contributed by atoms with Crippen LogP contribution in [0.4, 0.5) is 5.69 Å². The fourth-order valence-corrected chi connectivity index (χ4v) is 2.92. The summed E-state index contributed by atoms with van der Waals surface area (Å²) in [6.45, 7) is 6.59. The molecule has 3 heteroatoms. The fourth-order valence-electron chi connectivity index (χ4n) is 2.92. The third-order valence-corrected chi connectivity index (χ3v) is 4.55. The summed E-state index contributed by atoms with van der Waals surface area (Å²) in [5.41, 5.74) is 5.92. The van der Waals surface area contributed by atoms with Crippen LogP contribution in [0.25, 0.3) is 0 Å². The number of pyridine rings is 1. The zero-order chi connectivity index (χ0) is 17.8. The van der Waals surface area contributed by atoms with E-state index in [0.717, 1.165) is 22.4 Å². The van der Waals surface area contributed by atoms with Crippen LogP contribution in [0.5, 0.6) is 0 Å². The molecule has 3 rings (SSSR count). The monoisotopic (exact) mass is 330 g/mol. The first-order valence-electron chi connectivity index (χ1n) is 8.40. The van der Waals surface area contributed by atoms with Crippen molar-refractivity contribution in [3.63, 3.8) is 0 Å². The molecule has 0 aliphatic carbocycles. The molecule has 0 spiro atoms. The predicted octanol–water partition coefficient (Wildman–Crippen LogP) is 4.85. The molecule has 0 atom stereocenters. The Morgan fingerprint density at radius 2 is 1.68 bits per heavy atom. The number of amides is 1. The van der Waals surface area contributed by atoms with Crippen LogP contribution in [0.1, 0.15) is 32.6 Å².